The molecule has 2 aliphatic rings. The van der Waals surface area contributed by atoms with E-state index in [1.54, 1.807) is 0 Å². The van der Waals surface area contributed by atoms with Crippen LogP contribution >= 0.6 is 0 Å². The minimum atomic E-state index is 0.0104. The molecule has 1 aliphatic carbocycles. The summed E-state index contributed by atoms with van der Waals surface area (Å²) < 4.78 is 0. The topological polar surface area (TPSA) is 18.5 Å². The Morgan fingerprint density at radius 3 is 2.55 bits per heavy atom. The van der Waals surface area contributed by atoms with Gasteiger partial charge in [0.2, 0.25) is 0 Å². The van der Waals surface area contributed by atoms with Crippen LogP contribution < -0.4 is 0 Å². The lowest BCUT2D eigenvalue weighted by molar-refractivity contribution is -0.373. The molecule has 0 N–H and O–H groups in total. The molecular weight excluding hydrogens is 140 g/mol. The zero-order valence-electron chi connectivity index (χ0n) is 6.84. The normalized spacial score (nSPS) is 30.5. The Morgan fingerprint density at radius 2 is 1.91 bits per heavy atom. The number of rotatable bonds is 0. The van der Waals surface area contributed by atoms with Gasteiger partial charge >= 0.3 is 0 Å². The molecule has 0 amide bonds. The molecule has 0 bridgehead atoms. The molecule has 1 aliphatic heterocycles. The van der Waals surface area contributed by atoms with Crippen LogP contribution in [0.1, 0.15) is 38.5 Å². The van der Waals surface area contributed by atoms with Crippen LogP contribution in [0.2, 0.25) is 0 Å². The molecule has 1 radical (unpaired) electrons. The van der Waals surface area contributed by atoms with Crippen LogP contribution in [0, 0.1) is 6.42 Å². The first kappa shape index (κ1) is 7.56. The van der Waals surface area contributed by atoms with Crippen molar-refractivity contribution in [2.45, 2.75) is 44.1 Å². The maximum Gasteiger partial charge on any atom is 0.107 e. The van der Waals surface area contributed by atoms with E-state index in [0.29, 0.717) is 0 Å². The zero-order valence-corrected chi connectivity index (χ0v) is 6.84. The molecule has 1 spiro atoms. The van der Waals surface area contributed by atoms with Crippen molar-refractivity contribution in [3.8, 4) is 0 Å². The van der Waals surface area contributed by atoms with E-state index in [-0.39, 0.29) is 5.60 Å². The minimum Gasteiger partial charge on any atom is -0.236 e. The molecule has 0 aromatic carbocycles. The second kappa shape index (κ2) is 3.11. The molecule has 1 heterocycles. The summed E-state index contributed by atoms with van der Waals surface area (Å²) in [5.41, 5.74) is 0.0104. The third-order valence-electron chi connectivity index (χ3n) is 2.64. The van der Waals surface area contributed by atoms with Crippen LogP contribution in [0.5, 0.6) is 0 Å². The van der Waals surface area contributed by atoms with Crippen molar-refractivity contribution in [2.24, 2.45) is 0 Å². The Balaban J connectivity index is 1.94. The SMILES string of the molecule is [CH]1CCOOC12CCCCC2. The largest absolute Gasteiger partial charge is 0.236 e. The monoisotopic (exact) mass is 155 g/mol. The molecule has 63 valence electrons. The van der Waals surface area contributed by atoms with Crippen molar-refractivity contribution >= 4 is 0 Å². The van der Waals surface area contributed by atoms with Crippen molar-refractivity contribution < 1.29 is 9.78 Å². The molecule has 0 aromatic heterocycles. The van der Waals surface area contributed by atoms with Gasteiger partial charge in [-0.3, -0.25) is 0 Å². The summed E-state index contributed by atoms with van der Waals surface area (Å²) in [5.74, 6) is 0. The molecule has 2 fully saturated rings. The highest BCUT2D eigenvalue weighted by atomic mass is 17.2. The molecular formula is C9H15O2. The summed E-state index contributed by atoms with van der Waals surface area (Å²) >= 11 is 0. The van der Waals surface area contributed by atoms with Crippen LogP contribution in [0.15, 0.2) is 0 Å². The summed E-state index contributed by atoms with van der Waals surface area (Å²) in [5, 5.41) is 0. The lowest BCUT2D eigenvalue weighted by Crippen LogP contribution is -2.39. The first-order valence-electron chi connectivity index (χ1n) is 4.56. The van der Waals surface area contributed by atoms with Crippen molar-refractivity contribution in [1.82, 2.24) is 0 Å². The van der Waals surface area contributed by atoms with Gasteiger partial charge in [0, 0.05) is 0 Å². The summed E-state index contributed by atoms with van der Waals surface area (Å²) in [4.78, 5) is 10.4. The summed E-state index contributed by atoms with van der Waals surface area (Å²) in [6.45, 7) is 0.738. The Hall–Kier alpha value is -0.0800. The van der Waals surface area contributed by atoms with E-state index in [1.807, 2.05) is 0 Å². The van der Waals surface area contributed by atoms with E-state index in [0.717, 1.165) is 25.9 Å². The van der Waals surface area contributed by atoms with Gasteiger partial charge in [-0.05, 0) is 25.7 Å². The fourth-order valence-electron chi connectivity index (χ4n) is 2.00. The predicted molar refractivity (Wildman–Crippen MR) is 41.8 cm³/mol. The van der Waals surface area contributed by atoms with Gasteiger partial charge in [0.05, 0.1) is 6.61 Å². The van der Waals surface area contributed by atoms with E-state index in [2.05, 4.69) is 6.42 Å². The van der Waals surface area contributed by atoms with Gasteiger partial charge < -0.3 is 0 Å². The molecule has 1 saturated carbocycles. The first-order chi connectivity index (χ1) is 5.41. The van der Waals surface area contributed by atoms with Crippen LogP contribution in [0.4, 0.5) is 0 Å². The van der Waals surface area contributed by atoms with E-state index in [9.17, 15) is 0 Å². The third kappa shape index (κ3) is 1.57. The molecule has 1 saturated heterocycles. The average molecular weight is 155 g/mol. The number of hydrogen-bond acceptors (Lipinski definition) is 2. The Labute approximate surface area is 67.8 Å². The lowest BCUT2D eigenvalue weighted by atomic mass is 9.81. The van der Waals surface area contributed by atoms with Crippen molar-refractivity contribution in [3.63, 3.8) is 0 Å². The highest BCUT2D eigenvalue weighted by molar-refractivity contribution is 4.96. The summed E-state index contributed by atoms with van der Waals surface area (Å²) in [7, 11) is 0. The standard InChI is InChI=1S/C9H15O2/c1-2-5-9(6-3-1)7-4-8-10-11-9/h7H,1-6,8H2. The fraction of sp³-hybridized carbons (Fsp3) is 0.889. The number of hydrogen-bond donors (Lipinski definition) is 0. The average Bonchev–Trinajstić information content (AvgIpc) is 2.07. The van der Waals surface area contributed by atoms with Crippen LogP contribution in [0.3, 0.4) is 0 Å². The maximum atomic E-state index is 5.35. The molecule has 2 rings (SSSR count). The van der Waals surface area contributed by atoms with Gasteiger partial charge in [-0.25, -0.2) is 9.78 Å². The van der Waals surface area contributed by atoms with Crippen LogP contribution in [-0.2, 0) is 9.78 Å². The highest BCUT2D eigenvalue weighted by Gasteiger charge is 2.36. The van der Waals surface area contributed by atoms with Gasteiger partial charge in [-0.2, -0.15) is 0 Å². The van der Waals surface area contributed by atoms with Crippen LogP contribution in [0.25, 0.3) is 0 Å². The Kier molecular flexibility index (Phi) is 2.14. The fourth-order valence-corrected chi connectivity index (χ4v) is 2.00. The highest BCUT2D eigenvalue weighted by Crippen LogP contribution is 2.36. The van der Waals surface area contributed by atoms with E-state index in [4.69, 9.17) is 9.78 Å². The van der Waals surface area contributed by atoms with Gasteiger partial charge in [0.1, 0.15) is 5.60 Å². The molecule has 0 atom stereocenters. The minimum absolute atomic E-state index is 0.0104. The van der Waals surface area contributed by atoms with Crippen molar-refractivity contribution in [3.05, 3.63) is 6.42 Å². The van der Waals surface area contributed by atoms with E-state index >= 15 is 0 Å². The van der Waals surface area contributed by atoms with Crippen LogP contribution in [-0.4, -0.2) is 12.2 Å². The van der Waals surface area contributed by atoms with Crippen molar-refractivity contribution in [1.29, 1.82) is 0 Å². The third-order valence-corrected chi connectivity index (χ3v) is 2.64. The Bertz CT molecular complexity index is 102. The van der Waals surface area contributed by atoms with Crippen molar-refractivity contribution in [2.75, 3.05) is 6.61 Å². The second-order valence-corrected chi connectivity index (χ2v) is 3.52. The summed E-state index contributed by atoms with van der Waals surface area (Å²) in [6.07, 6.45) is 9.62. The Morgan fingerprint density at radius 1 is 1.09 bits per heavy atom. The van der Waals surface area contributed by atoms with E-state index < -0.39 is 0 Å². The van der Waals surface area contributed by atoms with Gasteiger partial charge in [0.15, 0.2) is 0 Å². The summed E-state index contributed by atoms with van der Waals surface area (Å²) in [6, 6.07) is 0. The van der Waals surface area contributed by atoms with E-state index in [1.165, 1.54) is 19.3 Å². The molecule has 11 heavy (non-hydrogen) atoms. The van der Waals surface area contributed by atoms with Gasteiger partial charge in [-0.1, -0.05) is 19.3 Å². The molecule has 2 heteroatoms. The first-order valence-corrected chi connectivity index (χ1v) is 4.56. The smallest absolute Gasteiger partial charge is 0.107 e. The van der Waals surface area contributed by atoms with Gasteiger partial charge in [0.25, 0.3) is 0 Å². The molecule has 2 nitrogen and oxygen atoms in total. The zero-order chi connectivity index (χ0) is 7.57. The molecule has 0 aromatic rings. The maximum absolute atomic E-state index is 5.35. The molecule has 0 unspecified atom stereocenters. The lowest BCUT2D eigenvalue weighted by Gasteiger charge is -2.38. The quantitative estimate of drug-likeness (QED) is 0.499. The second-order valence-electron chi connectivity index (χ2n) is 3.52. The predicted octanol–water partition coefficient (Wildman–Crippen LogP) is 2.25. The van der Waals surface area contributed by atoms with Gasteiger partial charge in [-0.15, -0.1) is 0 Å².